The number of esters is 3. The molecule has 0 aromatic rings. The molecule has 414 valence electrons. The van der Waals surface area contributed by atoms with Gasteiger partial charge in [-0.2, -0.15) is 0 Å². The van der Waals surface area contributed by atoms with Crippen molar-refractivity contribution in [2.75, 3.05) is 13.2 Å². The highest BCUT2D eigenvalue weighted by Gasteiger charge is 2.19. The molecule has 6 heteroatoms. The van der Waals surface area contributed by atoms with Gasteiger partial charge in [0.05, 0.1) is 0 Å². The van der Waals surface area contributed by atoms with Crippen molar-refractivity contribution in [3.8, 4) is 0 Å². The van der Waals surface area contributed by atoms with Crippen molar-refractivity contribution in [3.63, 3.8) is 0 Å². The number of rotatable bonds is 57. The van der Waals surface area contributed by atoms with Gasteiger partial charge in [0.25, 0.3) is 0 Å². The van der Waals surface area contributed by atoms with Crippen molar-refractivity contribution < 1.29 is 28.6 Å². The fourth-order valence-corrected chi connectivity index (χ4v) is 9.09. The first-order valence-electron chi connectivity index (χ1n) is 31.1. The van der Waals surface area contributed by atoms with Gasteiger partial charge in [-0.25, -0.2) is 0 Å². The molecule has 0 aliphatic carbocycles. The fraction of sp³-hybridized carbons (Fsp3) is 0.831. The van der Waals surface area contributed by atoms with E-state index in [1.807, 2.05) is 0 Å². The van der Waals surface area contributed by atoms with Crippen LogP contribution in [0.15, 0.2) is 48.6 Å². The summed E-state index contributed by atoms with van der Waals surface area (Å²) in [7, 11) is 0. The van der Waals surface area contributed by atoms with E-state index in [0.29, 0.717) is 19.3 Å². The van der Waals surface area contributed by atoms with E-state index in [1.54, 1.807) is 0 Å². The molecule has 71 heavy (non-hydrogen) atoms. The van der Waals surface area contributed by atoms with Crippen molar-refractivity contribution in [1.29, 1.82) is 0 Å². The van der Waals surface area contributed by atoms with Crippen LogP contribution in [-0.2, 0) is 28.6 Å². The van der Waals surface area contributed by atoms with Crippen molar-refractivity contribution >= 4 is 17.9 Å². The van der Waals surface area contributed by atoms with Crippen LogP contribution in [-0.4, -0.2) is 37.2 Å². The van der Waals surface area contributed by atoms with Gasteiger partial charge in [0.1, 0.15) is 13.2 Å². The molecule has 0 bridgehead atoms. The van der Waals surface area contributed by atoms with Crippen LogP contribution in [0.2, 0.25) is 0 Å². The van der Waals surface area contributed by atoms with Gasteiger partial charge < -0.3 is 14.2 Å². The molecule has 0 aliphatic rings. The molecule has 0 aromatic heterocycles. The summed E-state index contributed by atoms with van der Waals surface area (Å²) in [6, 6.07) is 0. The van der Waals surface area contributed by atoms with Crippen molar-refractivity contribution in [2.45, 2.75) is 335 Å². The summed E-state index contributed by atoms with van der Waals surface area (Å²) in [5.74, 6) is -0.881. The predicted octanol–water partition coefficient (Wildman–Crippen LogP) is 21.0. The van der Waals surface area contributed by atoms with Crippen LogP contribution >= 0.6 is 0 Å². The van der Waals surface area contributed by atoms with Gasteiger partial charge in [0, 0.05) is 19.3 Å². The summed E-state index contributed by atoms with van der Waals surface area (Å²) >= 11 is 0. The third-order valence-corrected chi connectivity index (χ3v) is 13.8. The Labute approximate surface area is 441 Å². The molecule has 0 N–H and O–H groups in total. The van der Waals surface area contributed by atoms with Crippen molar-refractivity contribution in [1.82, 2.24) is 0 Å². The maximum Gasteiger partial charge on any atom is 0.306 e. The Kier molecular flexibility index (Phi) is 57.7. The van der Waals surface area contributed by atoms with Crippen LogP contribution in [0, 0.1) is 0 Å². The molecule has 0 aliphatic heterocycles. The van der Waals surface area contributed by atoms with Gasteiger partial charge in [0.2, 0.25) is 0 Å². The Morgan fingerprint density at radius 1 is 0.282 bits per heavy atom. The average molecular weight is 996 g/mol. The molecule has 6 nitrogen and oxygen atoms in total. The summed E-state index contributed by atoms with van der Waals surface area (Å²) in [4.78, 5) is 37.9. The van der Waals surface area contributed by atoms with E-state index in [1.165, 1.54) is 205 Å². The lowest BCUT2D eigenvalue weighted by molar-refractivity contribution is -0.167. The molecule has 0 heterocycles. The SMILES string of the molecule is CCCCCCC/C=C\C/C=C\C/C=C\CCCCCCCCCCC(=O)OC(COC(=O)CCCCCCC)COC(=O)CCCCCCCCCCCCCCC/C=C\CCCCCCCCCC. The second-order valence-electron chi connectivity index (χ2n) is 21.0. The predicted molar refractivity (Wildman–Crippen MR) is 307 cm³/mol. The zero-order valence-corrected chi connectivity index (χ0v) is 47.5. The van der Waals surface area contributed by atoms with Crippen LogP contribution in [0.25, 0.3) is 0 Å². The molecule has 0 fully saturated rings. The van der Waals surface area contributed by atoms with Crippen LogP contribution < -0.4 is 0 Å². The first-order valence-corrected chi connectivity index (χ1v) is 31.1. The average Bonchev–Trinajstić information content (AvgIpc) is 3.37. The molecular weight excluding hydrogens is 877 g/mol. The molecule has 0 spiro atoms. The van der Waals surface area contributed by atoms with E-state index in [-0.39, 0.29) is 31.1 Å². The van der Waals surface area contributed by atoms with E-state index in [4.69, 9.17) is 14.2 Å². The number of allylic oxidation sites excluding steroid dienone is 8. The molecule has 0 radical (unpaired) electrons. The lowest BCUT2D eigenvalue weighted by atomic mass is 10.0. The molecule has 0 rings (SSSR count). The maximum absolute atomic E-state index is 12.8. The number of ether oxygens (including phenoxy) is 3. The minimum atomic E-state index is -0.773. The van der Waals surface area contributed by atoms with E-state index in [2.05, 4.69) is 69.4 Å². The first kappa shape index (κ1) is 68.4. The summed E-state index contributed by atoms with van der Waals surface area (Å²) in [6.45, 7) is 6.58. The topological polar surface area (TPSA) is 78.9 Å². The zero-order valence-electron chi connectivity index (χ0n) is 47.5. The quantitative estimate of drug-likeness (QED) is 0.0261. The first-order chi connectivity index (χ1) is 35.0. The number of carbonyl (C=O) groups is 3. The van der Waals surface area contributed by atoms with Crippen LogP contribution in [0.5, 0.6) is 0 Å². The highest BCUT2D eigenvalue weighted by atomic mass is 16.6. The van der Waals surface area contributed by atoms with E-state index < -0.39 is 6.10 Å². The fourth-order valence-electron chi connectivity index (χ4n) is 9.09. The highest BCUT2D eigenvalue weighted by Crippen LogP contribution is 2.17. The second-order valence-corrected chi connectivity index (χ2v) is 21.0. The Bertz CT molecular complexity index is 1230. The summed E-state index contributed by atoms with van der Waals surface area (Å²) in [5, 5.41) is 0. The molecular formula is C65H118O6. The maximum atomic E-state index is 12.8. The number of unbranched alkanes of at least 4 members (excludes halogenated alkanes) is 38. The van der Waals surface area contributed by atoms with Gasteiger partial charge in [0.15, 0.2) is 6.10 Å². The Morgan fingerprint density at radius 2 is 0.507 bits per heavy atom. The molecule has 1 atom stereocenters. The number of hydrogen-bond donors (Lipinski definition) is 0. The van der Waals surface area contributed by atoms with E-state index in [0.717, 1.165) is 83.5 Å². The van der Waals surface area contributed by atoms with Gasteiger partial charge in [-0.15, -0.1) is 0 Å². The third-order valence-electron chi connectivity index (χ3n) is 13.8. The summed E-state index contributed by atoms with van der Waals surface area (Å²) in [5.41, 5.74) is 0. The second kappa shape index (κ2) is 59.9. The van der Waals surface area contributed by atoms with Gasteiger partial charge in [-0.3, -0.25) is 14.4 Å². The highest BCUT2D eigenvalue weighted by molar-refractivity contribution is 5.71. The Morgan fingerprint density at radius 3 is 0.803 bits per heavy atom. The molecule has 0 aromatic carbocycles. The minimum Gasteiger partial charge on any atom is -0.462 e. The summed E-state index contributed by atoms with van der Waals surface area (Å²) < 4.78 is 16.8. The minimum absolute atomic E-state index is 0.0742. The van der Waals surface area contributed by atoms with Crippen LogP contribution in [0.4, 0.5) is 0 Å². The smallest absolute Gasteiger partial charge is 0.306 e. The molecule has 0 amide bonds. The van der Waals surface area contributed by atoms with Crippen molar-refractivity contribution in [2.24, 2.45) is 0 Å². The third kappa shape index (κ3) is 58.1. The Balaban J connectivity index is 4.05. The normalized spacial score (nSPS) is 12.3. The van der Waals surface area contributed by atoms with Crippen molar-refractivity contribution in [3.05, 3.63) is 48.6 Å². The Hall–Kier alpha value is -2.63. The molecule has 0 saturated heterocycles. The van der Waals surface area contributed by atoms with Gasteiger partial charge in [-0.1, -0.05) is 275 Å². The van der Waals surface area contributed by atoms with Gasteiger partial charge >= 0.3 is 17.9 Å². The monoisotopic (exact) mass is 995 g/mol. The lowest BCUT2D eigenvalue weighted by Crippen LogP contribution is -2.30. The summed E-state index contributed by atoms with van der Waals surface area (Å²) in [6.07, 6.45) is 74.5. The van der Waals surface area contributed by atoms with Crippen LogP contribution in [0.1, 0.15) is 329 Å². The van der Waals surface area contributed by atoms with E-state index >= 15 is 0 Å². The van der Waals surface area contributed by atoms with Crippen LogP contribution in [0.3, 0.4) is 0 Å². The molecule has 1 unspecified atom stereocenters. The standard InChI is InChI=1S/C65H118O6/c1-4-7-10-13-15-17-19-21-23-25-27-29-31-32-34-35-37-39-41-43-45-47-49-52-55-58-64(67)70-61-62(60-69-63(66)57-54-51-12-9-6-3)71-65(68)59-56-53-50-48-46-44-42-40-38-36-33-30-28-26-24-22-20-18-16-14-11-8-5-2/h20,22,25-28,33,36,62H,4-19,21,23-24,29-32,34-35,37-61H2,1-3H3/b22-20-,27-25-,28-26-,36-33-. The number of hydrogen-bond acceptors (Lipinski definition) is 6. The number of carbonyl (C=O) groups excluding carboxylic acids is 3. The lowest BCUT2D eigenvalue weighted by Gasteiger charge is -2.18. The largest absolute Gasteiger partial charge is 0.462 e. The van der Waals surface area contributed by atoms with E-state index in [9.17, 15) is 14.4 Å². The zero-order chi connectivity index (χ0) is 51.4. The molecule has 0 saturated carbocycles. The van der Waals surface area contributed by atoms with Gasteiger partial charge in [-0.05, 0) is 83.5 Å².